The Bertz CT molecular complexity index is 688. The maximum Gasteiger partial charge on any atom is 0.573 e. The average Bonchev–Trinajstić information content (AvgIpc) is 2.55. The summed E-state index contributed by atoms with van der Waals surface area (Å²) in [5.41, 5.74) is 0.653. The number of ether oxygens (including phenoxy) is 1. The van der Waals surface area contributed by atoms with Gasteiger partial charge in [0.25, 0.3) is 5.91 Å². The number of rotatable bonds is 6. The van der Waals surface area contributed by atoms with E-state index in [-0.39, 0.29) is 24.6 Å². The molecule has 1 aromatic heterocycles. The monoisotopic (exact) mass is 339 g/mol. The normalized spacial score (nSPS) is 11.2. The molecule has 0 aliphatic heterocycles. The SMILES string of the molecule is CCc1ncc(C(=O)NCCc2ccccc2OC(F)(F)F)cn1. The number of para-hydroxylation sites is 1. The van der Waals surface area contributed by atoms with Crippen molar-refractivity contribution in [2.24, 2.45) is 0 Å². The van der Waals surface area contributed by atoms with E-state index in [4.69, 9.17) is 0 Å². The van der Waals surface area contributed by atoms with Crippen molar-refractivity contribution >= 4 is 5.91 Å². The molecule has 1 amide bonds. The van der Waals surface area contributed by atoms with Gasteiger partial charge >= 0.3 is 6.36 Å². The van der Waals surface area contributed by atoms with Crippen LogP contribution in [-0.2, 0) is 12.8 Å². The minimum atomic E-state index is -4.75. The number of benzene rings is 1. The Kier molecular flexibility index (Phi) is 5.73. The molecule has 1 aromatic carbocycles. The van der Waals surface area contributed by atoms with Gasteiger partial charge in [-0.3, -0.25) is 4.79 Å². The van der Waals surface area contributed by atoms with Crippen molar-refractivity contribution in [2.75, 3.05) is 6.54 Å². The highest BCUT2D eigenvalue weighted by molar-refractivity contribution is 5.93. The van der Waals surface area contributed by atoms with Gasteiger partial charge in [0.15, 0.2) is 0 Å². The minimum Gasteiger partial charge on any atom is -0.406 e. The van der Waals surface area contributed by atoms with E-state index in [1.807, 2.05) is 6.92 Å². The van der Waals surface area contributed by atoms with Crippen molar-refractivity contribution in [1.29, 1.82) is 0 Å². The Morgan fingerprint density at radius 1 is 1.21 bits per heavy atom. The third-order valence-corrected chi connectivity index (χ3v) is 3.16. The van der Waals surface area contributed by atoms with Gasteiger partial charge in [0.2, 0.25) is 0 Å². The Labute approximate surface area is 136 Å². The second kappa shape index (κ2) is 7.76. The zero-order valence-corrected chi connectivity index (χ0v) is 12.9. The van der Waals surface area contributed by atoms with Crippen LogP contribution in [-0.4, -0.2) is 28.8 Å². The summed E-state index contributed by atoms with van der Waals surface area (Å²) < 4.78 is 41.0. The summed E-state index contributed by atoms with van der Waals surface area (Å²) in [7, 11) is 0. The first-order valence-electron chi connectivity index (χ1n) is 7.32. The van der Waals surface area contributed by atoms with Crippen LogP contribution in [0.3, 0.4) is 0 Å². The number of amides is 1. The van der Waals surface area contributed by atoms with E-state index in [2.05, 4.69) is 20.0 Å². The van der Waals surface area contributed by atoms with Crippen LogP contribution in [0.25, 0.3) is 0 Å². The van der Waals surface area contributed by atoms with Crippen LogP contribution in [0.4, 0.5) is 13.2 Å². The van der Waals surface area contributed by atoms with Crippen molar-refractivity contribution in [2.45, 2.75) is 26.1 Å². The van der Waals surface area contributed by atoms with Gasteiger partial charge in [0.1, 0.15) is 11.6 Å². The summed E-state index contributed by atoms with van der Waals surface area (Å²) >= 11 is 0. The third kappa shape index (κ3) is 5.22. The van der Waals surface area contributed by atoms with Crippen molar-refractivity contribution in [3.63, 3.8) is 0 Å². The number of hydrogen-bond donors (Lipinski definition) is 1. The van der Waals surface area contributed by atoms with E-state index in [1.54, 1.807) is 6.07 Å². The van der Waals surface area contributed by atoms with Gasteiger partial charge in [-0.25, -0.2) is 9.97 Å². The van der Waals surface area contributed by atoms with Crippen molar-refractivity contribution in [3.05, 3.63) is 53.6 Å². The molecule has 0 radical (unpaired) electrons. The van der Waals surface area contributed by atoms with E-state index in [0.717, 1.165) is 0 Å². The molecule has 0 atom stereocenters. The van der Waals surface area contributed by atoms with E-state index in [0.29, 0.717) is 23.4 Å². The number of carbonyl (C=O) groups is 1. The van der Waals surface area contributed by atoms with Crippen LogP contribution in [0.5, 0.6) is 5.75 Å². The number of nitrogens with one attached hydrogen (secondary N) is 1. The molecule has 24 heavy (non-hydrogen) atoms. The number of nitrogens with zero attached hydrogens (tertiary/aromatic N) is 2. The lowest BCUT2D eigenvalue weighted by molar-refractivity contribution is -0.274. The predicted octanol–water partition coefficient (Wildman–Crippen LogP) is 2.91. The molecule has 1 N–H and O–H groups in total. The summed E-state index contributed by atoms with van der Waals surface area (Å²) in [6.07, 6.45) is -1.05. The molecule has 0 spiro atoms. The van der Waals surface area contributed by atoms with Gasteiger partial charge in [0.05, 0.1) is 5.56 Å². The van der Waals surface area contributed by atoms with Crippen LogP contribution in [0.15, 0.2) is 36.7 Å². The number of aromatic nitrogens is 2. The molecule has 8 heteroatoms. The second-order valence-corrected chi connectivity index (χ2v) is 4.90. The fraction of sp³-hybridized carbons (Fsp3) is 0.312. The first kappa shape index (κ1) is 17.7. The van der Waals surface area contributed by atoms with E-state index in [1.165, 1.54) is 30.6 Å². The number of carbonyl (C=O) groups excluding carboxylic acids is 1. The molecule has 5 nitrogen and oxygen atoms in total. The maximum absolute atomic E-state index is 12.3. The van der Waals surface area contributed by atoms with Crippen LogP contribution in [0.1, 0.15) is 28.7 Å². The Morgan fingerprint density at radius 2 is 1.88 bits per heavy atom. The lowest BCUT2D eigenvalue weighted by atomic mass is 10.1. The summed E-state index contributed by atoms with van der Waals surface area (Å²) in [5, 5.41) is 2.62. The van der Waals surface area contributed by atoms with Gasteiger partial charge in [-0.15, -0.1) is 13.2 Å². The second-order valence-electron chi connectivity index (χ2n) is 4.90. The predicted molar refractivity (Wildman–Crippen MR) is 80.6 cm³/mol. The Hall–Kier alpha value is -2.64. The van der Waals surface area contributed by atoms with E-state index in [9.17, 15) is 18.0 Å². The average molecular weight is 339 g/mol. The third-order valence-electron chi connectivity index (χ3n) is 3.16. The topological polar surface area (TPSA) is 64.1 Å². The number of aryl methyl sites for hydroxylation is 1. The summed E-state index contributed by atoms with van der Waals surface area (Å²) in [6, 6.07) is 5.82. The largest absolute Gasteiger partial charge is 0.573 e. The smallest absolute Gasteiger partial charge is 0.406 e. The summed E-state index contributed by atoms with van der Waals surface area (Å²) in [6.45, 7) is 2.06. The molecule has 0 bridgehead atoms. The van der Waals surface area contributed by atoms with Crippen molar-refractivity contribution in [1.82, 2.24) is 15.3 Å². The number of hydrogen-bond acceptors (Lipinski definition) is 4. The minimum absolute atomic E-state index is 0.159. The quantitative estimate of drug-likeness (QED) is 0.879. The standard InChI is InChI=1S/C16H16F3N3O2/c1-2-14-21-9-12(10-22-14)15(23)20-8-7-11-5-3-4-6-13(11)24-16(17,18)19/h3-6,9-10H,2,7-8H2,1H3,(H,20,23). The zero-order chi connectivity index (χ0) is 17.6. The number of halogens is 3. The molecule has 0 saturated carbocycles. The van der Waals surface area contributed by atoms with Gasteiger partial charge in [0, 0.05) is 25.4 Å². The van der Waals surface area contributed by atoms with Crippen LogP contribution in [0, 0.1) is 0 Å². The molecule has 0 fully saturated rings. The van der Waals surface area contributed by atoms with E-state index >= 15 is 0 Å². The highest BCUT2D eigenvalue weighted by Gasteiger charge is 2.31. The molecule has 0 unspecified atom stereocenters. The highest BCUT2D eigenvalue weighted by atomic mass is 19.4. The first-order valence-corrected chi connectivity index (χ1v) is 7.32. The Balaban J connectivity index is 1.93. The maximum atomic E-state index is 12.3. The fourth-order valence-corrected chi connectivity index (χ4v) is 2.00. The van der Waals surface area contributed by atoms with Crippen LogP contribution < -0.4 is 10.1 Å². The fourth-order valence-electron chi connectivity index (χ4n) is 2.00. The number of alkyl halides is 3. The molecule has 128 valence electrons. The molecular weight excluding hydrogens is 323 g/mol. The molecule has 0 saturated heterocycles. The molecule has 2 aromatic rings. The summed E-state index contributed by atoms with van der Waals surface area (Å²) in [5.74, 6) is -0.0217. The molecule has 0 aliphatic rings. The van der Waals surface area contributed by atoms with Gasteiger partial charge in [-0.1, -0.05) is 25.1 Å². The van der Waals surface area contributed by atoms with E-state index < -0.39 is 6.36 Å². The van der Waals surface area contributed by atoms with Crippen LogP contribution >= 0.6 is 0 Å². The molecule has 0 aliphatic carbocycles. The van der Waals surface area contributed by atoms with Gasteiger partial charge in [-0.2, -0.15) is 0 Å². The highest BCUT2D eigenvalue weighted by Crippen LogP contribution is 2.26. The molecule has 1 heterocycles. The lowest BCUT2D eigenvalue weighted by Crippen LogP contribution is -2.26. The van der Waals surface area contributed by atoms with Crippen LogP contribution in [0.2, 0.25) is 0 Å². The molecule has 2 rings (SSSR count). The Morgan fingerprint density at radius 3 is 2.50 bits per heavy atom. The van der Waals surface area contributed by atoms with Gasteiger partial charge in [-0.05, 0) is 18.1 Å². The van der Waals surface area contributed by atoms with Crippen molar-refractivity contribution < 1.29 is 22.7 Å². The summed E-state index contributed by atoms with van der Waals surface area (Å²) in [4.78, 5) is 20.0. The first-order chi connectivity index (χ1) is 11.4. The van der Waals surface area contributed by atoms with Crippen molar-refractivity contribution in [3.8, 4) is 5.75 Å². The van der Waals surface area contributed by atoms with Gasteiger partial charge < -0.3 is 10.1 Å². The zero-order valence-electron chi connectivity index (χ0n) is 12.9. The molecular formula is C16H16F3N3O2. The lowest BCUT2D eigenvalue weighted by Gasteiger charge is -2.13.